The molecule has 2 aromatic carbocycles. The Balaban J connectivity index is 2.51. The lowest BCUT2D eigenvalue weighted by atomic mass is 10.2. The molecule has 128 valence electrons. The lowest BCUT2D eigenvalue weighted by Gasteiger charge is -2.15. The van der Waals surface area contributed by atoms with E-state index in [0.29, 0.717) is 22.7 Å². The predicted octanol–water partition coefficient (Wildman–Crippen LogP) is 1.86. The number of aliphatic imine (C=N–C) groups is 1. The maximum atomic E-state index is 11.5. The van der Waals surface area contributed by atoms with Gasteiger partial charge in [-0.2, -0.15) is 0 Å². The largest absolute Gasteiger partial charge is 0.507 e. The third kappa shape index (κ3) is 4.03. The van der Waals surface area contributed by atoms with Crippen molar-refractivity contribution in [2.75, 3.05) is 26.1 Å². The molecular weight excluding hydrogens is 330 g/mol. The van der Waals surface area contributed by atoms with Gasteiger partial charge in [-0.05, 0) is 36.4 Å². The van der Waals surface area contributed by atoms with Gasteiger partial charge in [-0.1, -0.05) is 0 Å². The molecule has 2 rings (SSSR count). The van der Waals surface area contributed by atoms with Crippen LogP contribution < -0.4 is 14.8 Å². The zero-order valence-electron chi connectivity index (χ0n) is 13.6. The number of phenolic OH excluding ortho intramolecular Hbond substituents is 1. The number of anilines is 1. The summed E-state index contributed by atoms with van der Waals surface area (Å²) < 4.78 is 28.2. The number of rotatable bonds is 5. The Labute approximate surface area is 141 Å². The standard InChI is InChI=1S/C16H19N3O4S/c1-19(2)15-6-5-13(24(17,21)22)9-14(15)18-10-11-8-12(23-3)4-7-16(11)20/h4-10,20H,1-3H3,(H2,17,21,22). The molecular formula is C16H19N3O4S. The number of benzene rings is 2. The van der Waals surface area contributed by atoms with E-state index in [-0.39, 0.29) is 10.6 Å². The van der Waals surface area contributed by atoms with E-state index in [1.165, 1.54) is 31.5 Å². The molecule has 0 heterocycles. The highest BCUT2D eigenvalue weighted by molar-refractivity contribution is 7.89. The van der Waals surface area contributed by atoms with E-state index >= 15 is 0 Å². The monoisotopic (exact) mass is 349 g/mol. The van der Waals surface area contributed by atoms with Gasteiger partial charge < -0.3 is 14.7 Å². The van der Waals surface area contributed by atoms with Crippen molar-refractivity contribution in [3.63, 3.8) is 0 Å². The number of ether oxygens (including phenoxy) is 1. The van der Waals surface area contributed by atoms with Gasteiger partial charge in [0.2, 0.25) is 10.0 Å². The lowest BCUT2D eigenvalue weighted by molar-refractivity contribution is 0.412. The zero-order valence-corrected chi connectivity index (χ0v) is 14.4. The molecule has 0 saturated heterocycles. The summed E-state index contributed by atoms with van der Waals surface area (Å²) in [4.78, 5) is 6.07. The van der Waals surface area contributed by atoms with Crippen LogP contribution in [0.25, 0.3) is 0 Å². The summed E-state index contributed by atoms with van der Waals surface area (Å²) in [7, 11) is 1.32. The van der Waals surface area contributed by atoms with E-state index in [1.54, 1.807) is 23.1 Å². The molecule has 0 aliphatic heterocycles. The molecule has 0 saturated carbocycles. The molecule has 0 fully saturated rings. The van der Waals surface area contributed by atoms with Gasteiger partial charge in [0.15, 0.2) is 0 Å². The molecule has 0 radical (unpaired) electrons. The van der Waals surface area contributed by atoms with Crippen molar-refractivity contribution in [2.45, 2.75) is 4.90 Å². The van der Waals surface area contributed by atoms with Gasteiger partial charge in [-0.3, -0.25) is 4.99 Å². The quantitative estimate of drug-likeness (QED) is 0.802. The van der Waals surface area contributed by atoms with E-state index in [1.807, 2.05) is 14.1 Å². The summed E-state index contributed by atoms with van der Waals surface area (Å²) in [5.41, 5.74) is 1.56. The molecule has 0 unspecified atom stereocenters. The minimum absolute atomic E-state index is 0.0323. The van der Waals surface area contributed by atoms with Crippen LogP contribution in [-0.2, 0) is 10.0 Å². The second-order valence-corrected chi connectivity index (χ2v) is 6.83. The molecule has 0 atom stereocenters. The van der Waals surface area contributed by atoms with Crippen LogP contribution in [0.3, 0.4) is 0 Å². The van der Waals surface area contributed by atoms with Crippen molar-refractivity contribution < 1.29 is 18.3 Å². The van der Waals surface area contributed by atoms with Gasteiger partial charge in [0, 0.05) is 25.9 Å². The Morgan fingerprint density at radius 3 is 2.50 bits per heavy atom. The maximum absolute atomic E-state index is 11.5. The fourth-order valence-corrected chi connectivity index (χ4v) is 2.60. The Bertz CT molecular complexity index is 877. The number of hydrogen-bond acceptors (Lipinski definition) is 6. The van der Waals surface area contributed by atoms with Crippen LogP contribution in [0.15, 0.2) is 46.3 Å². The van der Waals surface area contributed by atoms with Crippen LogP contribution in [0.5, 0.6) is 11.5 Å². The first-order chi connectivity index (χ1) is 11.2. The van der Waals surface area contributed by atoms with Gasteiger partial charge in [0.05, 0.1) is 23.4 Å². The van der Waals surface area contributed by atoms with E-state index in [9.17, 15) is 13.5 Å². The minimum atomic E-state index is -3.83. The van der Waals surface area contributed by atoms with Gasteiger partial charge in [0.1, 0.15) is 11.5 Å². The van der Waals surface area contributed by atoms with Crippen LogP contribution >= 0.6 is 0 Å². The molecule has 0 aromatic heterocycles. The first-order valence-electron chi connectivity index (χ1n) is 6.97. The molecule has 0 aliphatic rings. The van der Waals surface area contributed by atoms with Crippen LogP contribution in [0.1, 0.15) is 5.56 Å². The van der Waals surface area contributed by atoms with Gasteiger partial charge >= 0.3 is 0 Å². The highest BCUT2D eigenvalue weighted by atomic mass is 32.2. The Hall–Kier alpha value is -2.58. The number of sulfonamides is 1. The summed E-state index contributed by atoms with van der Waals surface area (Å²) in [6, 6.07) is 9.17. The van der Waals surface area contributed by atoms with Crippen molar-refractivity contribution in [3.8, 4) is 11.5 Å². The van der Waals surface area contributed by atoms with Crippen molar-refractivity contribution in [1.29, 1.82) is 0 Å². The lowest BCUT2D eigenvalue weighted by Crippen LogP contribution is -2.13. The third-order valence-corrected chi connectivity index (χ3v) is 4.25. The average Bonchev–Trinajstić information content (AvgIpc) is 2.52. The summed E-state index contributed by atoms with van der Waals surface area (Å²) in [6.45, 7) is 0. The number of methoxy groups -OCH3 is 1. The number of nitrogens with two attached hydrogens (primary N) is 1. The molecule has 8 heteroatoms. The Morgan fingerprint density at radius 1 is 1.21 bits per heavy atom. The Kier molecular flexibility index (Phi) is 5.10. The summed E-state index contributed by atoms with van der Waals surface area (Å²) in [5.74, 6) is 0.605. The predicted molar refractivity (Wildman–Crippen MR) is 94.1 cm³/mol. The van der Waals surface area contributed by atoms with E-state index in [4.69, 9.17) is 9.88 Å². The molecule has 2 aromatic rings. The van der Waals surface area contributed by atoms with Crippen LogP contribution in [0.2, 0.25) is 0 Å². The third-order valence-electron chi connectivity index (χ3n) is 3.33. The molecule has 0 amide bonds. The zero-order chi connectivity index (χ0) is 17.9. The first kappa shape index (κ1) is 17.8. The normalized spacial score (nSPS) is 11.7. The average molecular weight is 349 g/mol. The summed E-state index contributed by atoms with van der Waals surface area (Å²) in [5, 5.41) is 15.1. The SMILES string of the molecule is COc1ccc(O)c(C=Nc2cc(S(N)(=O)=O)ccc2N(C)C)c1. The molecule has 7 nitrogen and oxygen atoms in total. The van der Waals surface area contributed by atoms with E-state index in [2.05, 4.69) is 4.99 Å². The number of nitrogens with zero attached hydrogens (tertiary/aromatic N) is 2. The smallest absolute Gasteiger partial charge is 0.238 e. The van der Waals surface area contributed by atoms with E-state index in [0.717, 1.165) is 0 Å². The fourth-order valence-electron chi connectivity index (χ4n) is 2.06. The van der Waals surface area contributed by atoms with E-state index < -0.39 is 10.0 Å². The first-order valence-corrected chi connectivity index (χ1v) is 8.52. The molecule has 3 N–H and O–H groups in total. The number of aromatic hydroxyl groups is 1. The fraction of sp³-hybridized carbons (Fsp3) is 0.188. The van der Waals surface area contributed by atoms with Crippen LogP contribution in [-0.4, -0.2) is 40.9 Å². The summed E-state index contributed by atoms with van der Waals surface area (Å²) in [6.07, 6.45) is 1.44. The van der Waals surface area contributed by atoms with Gasteiger partial charge in [-0.25, -0.2) is 13.6 Å². The molecule has 0 spiro atoms. The van der Waals surface area contributed by atoms with Crippen LogP contribution in [0, 0.1) is 0 Å². The minimum Gasteiger partial charge on any atom is -0.507 e. The second-order valence-electron chi connectivity index (χ2n) is 5.27. The number of primary sulfonamides is 1. The van der Waals surface area contributed by atoms with Gasteiger partial charge in [0.25, 0.3) is 0 Å². The molecule has 0 bridgehead atoms. The van der Waals surface area contributed by atoms with Crippen LogP contribution in [0.4, 0.5) is 11.4 Å². The van der Waals surface area contributed by atoms with Gasteiger partial charge in [-0.15, -0.1) is 0 Å². The van der Waals surface area contributed by atoms with Crippen molar-refractivity contribution in [2.24, 2.45) is 10.1 Å². The maximum Gasteiger partial charge on any atom is 0.238 e. The second kappa shape index (κ2) is 6.90. The number of phenols is 1. The Morgan fingerprint density at radius 2 is 1.92 bits per heavy atom. The van der Waals surface area contributed by atoms with Crippen molar-refractivity contribution in [1.82, 2.24) is 0 Å². The number of hydrogen-bond donors (Lipinski definition) is 2. The molecule has 24 heavy (non-hydrogen) atoms. The van der Waals surface area contributed by atoms with Crippen molar-refractivity contribution in [3.05, 3.63) is 42.0 Å². The molecule has 0 aliphatic carbocycles. The highest BCUT2D eigenvalue weighted by Gasteiger charge is 2.12. The topological polar surface area (TPSA) is 105 Å². The summed E-state index contributed by atoms with van der Waals surface area (Å²) >= 11 is 0. The highest BCUT2D eigenvalue weighted by Crippen LogP contribution is 2.30. The van der Waals surface area contributed by atoms with Crippen molar-refractivity contribution >= 4 is 27.6 Å².